The number of carbonyl (C=O) groups excluding carboxylic acids is 1. The van der Waals surface area contributed by atoms with Crippen molar-refractivity contribution in [2.45, 2.75) is 15.9 Å². The zero-order valence-electron chi connectivity index (χ0n) is 6.85. The molecule has 0 fully saturated rings. The molecule has 0 unspecified atom stereocenters. The van der Waals surface area contributed by atoms with Crippen LogP contribution in [-0.2, 0) is 4.79 Å². The molecule has 0 amide bonds. The molecule has 72 valence electrons. The second kappa shape index (κ2) is 5.46. The van der Waals surface area contributed by atoms with Crippen LogP contribution in [0.2, 0.25) is 0 Å². The van der Waals surface area contributed by atoms with Gasteiger partial charge < -0.3 is 9.90 Å². The van der Waals surface area contributed by atoms with Gasteiger partial charge >= 0.3 is 0 Å². The van der Waals surface area contributed by atoms with E-state index in [0.29, 0.717) is 5.75 Å². The minimum Gasteiger partial charge on any atom is -0.550 e. The van der Waals surface area contributed by atoms with Crippen LogP contribution in [0.15, 0.2) is 9.50 Å². The Morgan fingerprint density at radius 2 is 2.46 bits per heavy atom. The number of hydrogen-bond donors (Lipinski definition) is 0. The first kappa shape index (κ1) is 10.8. The molecule has 0 N–H and O–H groups in total. The minimum absolute atomic E-state index is 0.0544. The van der Waals surface area contributed by atoms with Crippen LogP contribution in [0, 0.1) is 0 Å². The summed E-state index contributed by atoms with van der Waals surface area (Å²) in [6.07, 6.45) is 1.95. The molecule has 0 saturated heterocycles. The van der Waals surface area contributed by atoms with Gasteiger partial charge in [0.05, 0.1) is 0 Å². The number of nitrogens with zero attached hydrogens (tertiary/aromatic N) is 2. The summed E-state index contributed by atoms with van der Waals surface area (Å²) < 4.78 is 4.85. The fourth-order valence-electron chi connectivity index (χ4n) is 0.560. The van der Waals surface area contributed by atoms with Gasteiger partial charge in [0.15, 0.2) is 4.34 Å². The molecule has 0 aromatic carbocycles. The summed E-state index contributed by atoms with van der Waals surface area (Å²) in [5.74, 6) is -0.534. The fraction of sp³-hybridized carbons (Fsp3) is 0.500. The lowest BCUT2D eigenvalue weighted by molar-refractivity contribution is -0.305. The van der Waals surface area contributed by atoms with Crippen molar-refractivity contribution >= 4 is 41.0 Å². The molecule has 13 heavy (non-hydrogen) atoms. The van der Waals surface area contributed by atoms with E-state index in [1.54, 1.807) is 0 Å². The first-order chi connectivity index (χ1) is 6.22. The van der Waals surface area contributed by atoms with Crippen molar-refractivity contribution in [2.75, 3.05) is 12.0 Å². The van der Waals surface area contributed by atoms with Crippen LogP contribution in [0.25, 0.3) is 0 Å². The second-order valence-electron chi connectivity index (χ2n) is 2.02. The predicted octanol–water partition coefficient (Wildman–Crippen LogP) is 0.492. The molecule has 0 bridgehead atoms. The van der Waals surface area contributed by atoms with Gasteiger partial charge in [-0.2, -0.15) is 4.37 Å². The van der Waals surface area contributed by atoms with Crippen LogP contribution < -0.4 is 5.11 Å². The Balaban J connectivity index is 2.32. The lowest BCUT2D eigenvalue weighted by atomic mass is 10.5. The normalized spacial score (nSPS) is 10.2. The Labute approximate surface area is 88.3 Å². The molecule has 0 radical (unpaired) electrons. The number of carboxylic acids is 1. The van der Waals surface area contributed by atoms with E-state index in [2.05, 4.69) is 9.36 Å². The summed E-state index contributed by atoms with van der Waals surface area (Å²) in [4.78, 5) is 14.2. The molecule has 1 rings (SSSR count). The molecular formula is C6H7N2O2S3-. The first-order valence-corrected chi connectivity index (χ1v) is 6.41. The van der Waals surface area contributed by atoms with Gasteiger partial charge in [0.25, 0.3) is 0 Å². The molecule has 1 aromatic rings. The van der Waals surface area contributed by atoms with Crippen molar-refractivity contribution in [3.05, 3.63) is 0 Å². The number of carbonyl (C=O) groups is 1. The van der Waals surface area contributed by atoms with E-state index in [1.807, 2.05) is 6.26 Å². The van der Waals surface area contributed by atoms with Gasteiger partial charge in [-0.15, -0.1) is 0 Å². The number of rotatable bonds is 5. The summed E-state index contributed by atoms with van der Waals surface area (Å²) >= 11 is 4.16. The van der Waals surface area contributed by atoms with Crippen LogP contribution in [0.5, 0.6) is 0 Å². The average molecular weight is 235 g/mol. The highest BCUT2D eigenvalue weighted by Crippen LogP contribution is 2.23. The zero-order valence-corrected chi connectivity index (χ0v) is 9.30. The molecule has 0 aliphatic rings. The third-order valence-corrected chi connectivity index (χ3v) is 3.60. The number of carboxylic acid groups (broad SMARTS) is 1. The van der Waals surface area contributed by atoms with Crippen LogP contribution >= 0.6 is 35.1 Å². The van der Waals surface area contributed by atoms with Crippen molar-refractivity contribution in [3.8, 4) is 0 Å². The molecule has 0 saturated carbocycles. The largest absolute Gasteiger partial charge is 0.550 e. The molecule has 1 aromatic heterocycles. The van der Waals surface area contributed by atoms with Gasteiger partial charge in [-0.25, -0.2) is 4.98 Å². The van der Waals surface area contributed by atoms with E-state index in [9.17, 15) is 9.90 Å². The van der Waals surface area contributed by atoms with E-state index in [0.717, 1.165) is 9.50 Å². The molecule has 0 atom stereocenters. The van der Waals surface area contributed by atoms with Crippen LogP contribution in [-0.4, -0.2) is 27.3 Å². The Morgan fingerprint density at radius 1 is 1.69 bits per heavy atom. The lowest BCUT2D eigenvalue weighted by Crippen LogP contribution is -2.22. The zero-order chi connectivity index (χ0) is 9.68. The van der Waals surface area contributed by atoms with Gasteiger partial charge in [-0.1, -0.05) is 23.5 Å². The number of aromatic nitrogens is 2. The molecule has 0 spiro atoms. The molecular weight excluding hydrogens is 228 g/mol. The fourth-order valence-corrected chi connectivity index (χ4v) is 2.76. The summed E-state index contributed by atoms with van der Waals surface area (Å²) in [5.41, 5.74) is 0. The van der Waals surface area contributed by atoms with Crippen molar-refractivity contribution < 1.29 is 9.90 Å². The van der Waals surface area contributed by atoms with Crippen molar-refractivity contribution in [1.29, 1.82) is 0 Å². The third-order valence-electron chi connectivity index (χ3n) is 1.10. The summed E-state index contributed by atoms with van der Waals surface area (Å²) in [5, 5.41) is 10.8. The first-order valence-electron chi connectivity index (χ1n) is 3.42. The van der Waals surface area contributed by atoms with E-state index >= 15 is 0 Å². The van der Waals surface area contributed by atoms with Crippen molar-refractivity contribution in [3.63, 3.8) is 0 Å². The molecule has 7 heteroatoms. The monoisotopic (exact) mass is 235 g/mol. The molecule has 4 nitrogen and oxygen atoms in total. The van der Waals surface area contributed by atoms with Crippen LogP contribution in [0.4, 0.5) is 0 Å². The average Bonchev–Trinajstić information content (AvgIpc) is 2.52. The van der Waals surface area contributed by atoms with E-state index < -0.39 is 5.97 Å². The lowest BCUT2D eigenvalue weighted by Gasteiger charge is -1.97. The van der Waals surface area contributed by atoms with Gasteiger partial charge in [0.1, 0.15) is 0 Å². The SMILES string of the molecule is CSc1nsc(SCCC(=O)[O-])n1. The summed E-state index contributed by atoms with van der Waals surface area (Å²) in [7, 11) is 0. The molecule has 0 aliphatic heterocycles. The Morgan fingerprint density at radius 3 is 3.00 bits per heavy atom. The van der Waals surface area contributed by atoms with Gasteiger partial charge in [0.2, 0.25) is 5.16 Å². The quantitative estimate of drug-likeness (QED) is 0.692. The van der Waals surface area contributed by atoms with Gasteiger partial charge in [-0.3, -0.25) is 0 Å². The van der Waals surface area contributed by atoms with E-state index in [4.69, 9.17) is 0 Å². The molecule has 0 aliphatic carbocycles. The highest BCUT2D eigenvalue weighted by Gasteiger charge is 2.02. The summed E-state index contributed by atoms with van der Waals surface area (Å²) in [6, 6.07) is 0. The van der Waals surface area contributed by atoms with Crippen LogP contribution in [0.3, 0.4) is 0 Å². The maximum absolute atomic E-state index is 10.1. The summed E-state index contributed by atoms with van der Waals surface area (Å²) in [6.45, 7) is 0. The topological polar surface area (TPSA) is 65.9 Å². The maximum atomic E-state index is 10.1. The Hall–Kier alpha value is -0.270. The predicted molar refractivity (Wildman–Crippen MR) is 52.0 cm³/mol. The smallest absolute Gasteiger partial charge is 0.200 e. The van der Waals surface area contributed by atoms with Crippen molar-refractivity contribution in [1.82, 2.24) is 9.36 Å². The van der Waals surface area contributed by atoms with Crippen molar-refractivity contribution in [2.24, 2.45) is 0 Å². The highest BCUT2D eigenvalue weighted by molar-refractivity contribution is 8.01. The van der Waals surface area contributed by atoms with E-state index in [-0.39, 0.29) is 6.42 Å². The van der Waals surface area contributed by atoms with Crippen LogP contribution in [0.1, 0.15) is 6.42 Å². The van der Waals surface area contributed by atoms with Gasteiger partial charge in [-0.05, 0) is 24.2 Å². The Kier molecular flexibility index (Phi) is 4.54. The number of thioether (sulfide) groups is 2. The van der Waals surface area contributed by atoms with E-state index in [1.165, 1.54) is 35.1 Å². The number of aliphatic carboxylic acids is 1. The third kappa shape index (κ3) is 3.97. The van der Waals surface area contributed by atoms with Gasteiger partial charge in [0, 0.05) is 11.7 Å². The maximum Gasteiger partial charge on any atom is 0.200 e. The second-order valence-corrected chi connectivity index (χ2v) is 4.88. The molecule has 1 heterocycles. The Bertz CT molecular complexity index is 289. The minimum atomic E-state index is -1.03. The number of hydrogen-bond acceptors (Lipinski definition) is 7. The standard InChI is InChI=1S/C6H8N2O2S3/c1-11-5-7-6(13-8-5)12-3-2-4(9)10/h2-3H2,1H3,(H,9,10)/p-1. The highest BCUT2D eigenvalue weighted by atomic mass is 32.2.